The minimum atomic E-state index is -0.133. The van der Waals surface area contributed by atoms with Crippen LogP contribution in [0.4, 0.5) is 0 Å². The monoisotopic (exact) mass is 265 g/mol. The van der Waals surface area contributed by atoms with Gasteiger partial charge in [0.25, 0.3) is 0 Å². The molecular weight excluding hydrogens is 238 g/mol. The summed E-state index contributed by atoms with van der Waals surface area (Å²) in [6, 6.07) is 0. The van der Waals surface area contributed by atoms with Crippen LogP contribution in [0.5, 0.6) is 0 Å². The topological polar surface area (TPSA) is 49.7 Å². The fourth-order valence-electron chi connectivity index (χ4n) is 2.56. The second kappa shape index (κ2) is 6.88. The number of ketones is 1. The van der Waals surface area contributed by atoms with Crippen molar-refractivity contribution in [2.24, 2.45) is 10.4 Å². The highest BCUT2D eigenvalue weighted by atomic mass is 16.3. The highest BCUT2D eigenvalue weighted by Crippen LogP contribution is 2.36. The Morgan fingerprint density at radius 3 is 2.53 bits per heavy atom. The largest absolute Gasteiger partial charge is 0.511 e. The van der Waals surface area contributed by atoms with E-state index in [1.54, 1.807) is 0 Å². The molecule has 3 heteroatoms. The van der Waals surface area contributed by atoms with E-state index in [-0.39, 0.29) is 17.0 Å². The number of carbonyl (C=O) groups is 1. The first-order valence-corrected chi connectivity index (χ1v) is 7.34. The van der Waals surface area contributed by atoms with Gasteiger partial charge in [-0.15, -0.1) is 0 Å². The molecule has 0 fully saturated rings. The fraction of sp³-hybridized carbons (Fsp3) is 0.750. The van der Waals surface area contributed by atoms with Gasteiger partial charge in [-0.2, -0.15) is 0 Å². The molecule has 0 atom stereocenters. The fourth-order valence-corrected chi connectivity index (χ4v) is 2.56. The van der Waals surface area contributed by atoms with Gasteiger partial charge < -0.3 is 5.11 Å². The van der Waals surface area contributed by atoms with Crippen molar-refractivity contribution < 1.29 is 9.90 Å². The Morgan fingerprint density at radius 2 is 1.95 bits per heavy atom. The number of carbonyl (C=O) groups excluding carboxylic acids is 1. The lowest BCUT2D eigenvalue weighted by Gasteiger charge is -2.29. The van der Waals surface area contributed by atoms with Gasteiger partial charge in [0.2, 0.25) is 0 Å². The average Bonchev–Trinajstić information content (AvgIpc) is 2.25. The summed E-state index contributed by atoms with van der Waals surface area (Å²) < 4.78 is 0. The molecule has 0 aliphatic heterocycles. The smallest absolute Gasteiger partial charge is 0.168 e. The number of allylic oxidation sites excluding steroid dienone is 2. The van der Waals surface area contributed by atoms with Gasteiger partial charge in [0.1, 0.15) is 5.76 Å². The van der Waals surface area contributed by atoms with Gasteiger partial charge in [-0.3, -0.25) is 9.79 Å². The molecule has 3 nitrogen and oxygen atoms in total. The first kappa shape index (κ1) is 15.9. The molecule has 0 aromatic rings. The maximum atomic E-state index is 12.1. The number of rotatable bonds is 6. The minimum Gasteiger partial charge on any atom is -0.511 e. The lowest BCUT2D eigenvalue weighted by Crippen LogP contribution is -2.28. The Balaban J connectivity index is 2.67. The Hall–Kier alpha value is -1.12. The Morgan fingerprint density at radius 1 is 1.26 bits per heavy atom. The van der Waals surface area contributed by atoms with E-state index in [2.05, 4.69) is 11.9 Å². The van der Waals surface area contributed by atoms with Crippen LogP contribution in [0, 0.1) is 5.41 Å². The van der Waals surface area contributed by atoms with Crippen LogP contribution in [-0.2, 0) is 4.79 Å². The highest BCUT2D eigenvalue weighted by Gasteiger charge is 2.33. The minimum absolute atomic E-state index is 0.0311. The number of hydrogen-bond donors (Lipinski definition) is 1. The van der Waals surface area contributed by atoms with Crippen LogP contribution >= 0.6 is 0 Å². The summed E-state index contributed by atoms with van der Waals surface area (Å²) in [6.45, 7) is 8.78. The molecule has 0 heterocycles. The number of aliphatic hydroxyl groups excluding tert-OH is 1. The number of aliphatic imine (C=N–C) groups is 1. The van der Waals surface area contributed by atoms with Crippen molar-refractivity contribution in [3.63, 3.8) is 0 Å². The summed E-state index contributed by atoms with van der Waals surface area (Å²) in [4.78, 5) is 16.5. The average molecular weight is 265 g/mol. The zero-order valence-electron chi connectivity index (χ0n) is 12.8. The summed E-state index contributed by atoms with van der Waals surface area (Å²) in [5.74, 6) is 0.250. The van der Waals surface area contributed by atoms with Gasteiger partial charge in [0.15, 0.2) is 5.78 Å². The van der Waals surface area contributed by atoms with Crippen molar-refractivity contribution in [2.45, 2.75) is 66.2 Å². The molecule has 0 bridgehead atoms. The van der Waals surface area contributed by atoms with E-state index in [9.17, 15) is 9.90 Å². The van der Waals surface area contributed by atoms with E-state index in [0.29, 0.717) is 24.1 Å². The molecule has 0 aromatic heterocycles. The molecule has 0 radical (unpaired) electrons. The van der Waals surface area contributed by atoms with Crippen LogP contribution < -0.4 is 0 Å². The van der Waals surface area contributed by atoms with Crippen LogP contribution in [0.3, 0.4) is 0 Å². The van der Waals surface area contributed by atoms with Crippen LogP contribution in [0.25, 0.3) is 0 Å². The Bertz CT molecular complexity index is 392. The molecule has 1 N–H and O–H groups in total. The number of hydrogen-bond acceptors (Lipinski definition) is 3. The molecule has 0 amide bonds. The lowest BCUT2D eigenvalue weighted by molar-refractivity contribution is -0.117. The van der Waals surface area contributed by atoms with Crippen molar-refractivity contribution in [3.8, 4) is 0 Å². The van der Waals surface area contributed by atoms with E-state index in [1.165, 1.54) is 19.3 Å². The molecule has 1 aliphatic carbocycles. The zero-order chi connectivity index (χ0) is 14.5. The standard InChI is InChI=1S/C16H27NO2/c1-5-6-7-8-9-17-12(2)15-13(18)10-16(3,4)11-14(15)19/h18H,5-11H2,1-4H3. The highest BCUT2D eigenvalue weighted by molar-refractivity contribution is 6.22. The second-order valence-electron chi connectivity index (χ2n) is 6.29. The van der Waals surface area contributed by atoms with Crippen molar-refractivity contribution >= 4 is 11.5 Å². The third-order valence-electron chi connectivity index (χ3n) is 3.57. The molecule has 0 saturated carbocycles. The van der Waals surface area contributed by atoms with Gasteiger partial charge in [-0.05, 0) is 18.8 Å². The van der Waals surface area contributed by atoms with Gasteiger partial charge in [0, 0.05) is 25.1 Å². The molecule has 108 valence electrons. The summed E-state index contributed by atoms with van der Waals surface area (Å²) in [5.41, 5.74) is 1.04. The second-order valence-corrected chi connectivity index (χ2v) is 6.29. The SMILES string of the molecule is CCCCCCN=C(C)C1=C(O)CC(C)(C)CC1=O. The van der Waals surface area contributed by atoms with E-state index in [4.69, 9.17) is 0 Å². The van der Waals surface area contributed by atoms with Crippen molar-refractivity contribution in [1.29, 1.82) is 0 Å². The predicted molar refractivity (Wildman–Crippen MR) is 79.8 cm³/mol. The number of nitrogens with zero attached hydrogens (tertiary/aromatic N) is 1. The van der Waals surface area contributed by atoms with Gasteiger partial charge in [-0.25, -0.2) is 0 Å². The predicted octanol–water partition coefficient (Wildman–Crippen LogP) is 4.23. The molecule has 0 unspecified atom stereocenters. The third kappa shape index (κ3) is 4.81. The molecule has 0 saturated heterocycles. The van der Waals surface area contributed by atoms with Gasteiger partial charge in [0.05, 0.1) is 5.57 Å². The van der Waals surface area contributed by atoms with E-state index in [1.807, 2.05) is 20.8 Å². The lowest BCUT2D eigenvalue weighted by atomic mass is 9.76. The molecule has 0 spiro atoms. The van der Waals surface area contributed by atoms with E-state index in [0.717, 1.165) is 13.0 Å². The molecular formula is C16H27NO2. The summed E-state index contributed by atoms with van der Waals surface area (Å²) >= 11 is 0. The normalized spacial score (nSPS) is 20.0. The molecule has 19 heavy (non-hydrogen) atoms. The van der Waals surface area contributed by atoms with E-state index >= 15 is 0 Å². The first-order chi connectivity index (χ1) is 8.87. The van der Waals surface area contributed by atoms with Crippen LogP contribution in [-0.4, -0.2) is 23.1 Å². The number of Topliss-reactive ketones (excluding diaryl/α,β-unsaturated/α-hetero) is 1. The van der Waals surface area contributed by atoms with Crippen molar-refractivity contribution in [2.75, 3.05) is 6.54 Å². The number of aliphatic hydroxyl groups is 1. The molecule has 1 rings (SSSR count). The number of unbranched alkanes of at least 4 members (excludes halogenated alkanes) is 3. The summed E-state index contributed by atoms with van der Waals surface area (Å²) in [7, 11) is 0. The Labute approximate surface area is 116 Å². The quantitative estimate of drug-likeness (QED) is 0.577. The maximum absolute atomic E-state index is 12.1. The summed E-state index contributed by atoms with van der Waals surface area (Å²) in [6.07, 6.45) is 5.74. The van der Waals surface area contributed by atoms with Crippen LogP contribution in [0.1, 0.15) is 66.2 Å². The third-order valence-corrected chi connectivity index (χ3v) is 3.57. The Kier molecular flexibility index (Phi) is 5.77. The molecule has 0 aromatic carbocycles. The summed E-state index contributed by atoms with van der Waals surface area (Å²) in [5, 5.41) is 10.1. The first-order valence-electron chi connectivity index (χ1n) is 7.34. The van der Waals surface area contributed by atoms with Gasteiger partial charge >= 0.3 is 0 Å². The van der Waals surface area contributed by atoms with Crippen molar-refractivity contribution in [3.05, 3.63) is 11.3 Å². The van der Waals surface area contributed by atoms with E-state index < -0.39 is 0 Å². The maximum Gasteiger partial charge on any atom is 0.168 e. The van der Waals surface area contributed by atoms with Gasteiger partial charge in [-0.1, -0.05) is 40.0 Å². The molecule has 1 aliphatic rings. The van der Waals surface area contributed by atoms with Crippen LogP contribution in [0.15, 0.2) is 16.3 Å². The van der Waals surface area contributed by atoms with Crippen LogP contribution in [0.2, 0.25) is 0 Å². The zero-order valence-corrected chi connectivity index (χ0v) is 12.8. The van der Waals surface area contributed by atoms with Crippen molar-refractivity contribution in [1.82, 2.24) is 0 Å².